The summed E-state index contributed by atoms with van der Waals surface area (Å²) in [7, 11) is 4.73. The van der Waals surface area contributed by atoms with Crippen LogP contribution in [0.2, 0.25) is 5.02 Å². The lowest BCUT2D eigenvalue weighted by Crippen LogP contribution is -2.63. The Morgan fingerprint density at radius 2 is 1.98 bits per heavy atom. The summed E-state index contributed by atoms with van der Waals surface area (Å²) >= 11 is 6.74. The van der Waals surface area contributed by atoms with Gasteiger partial charge in [-0.2, -0.15) is 0 Å². The zero-order valence-corrected chi connectivity index (χ0v) is 30.3. The topological polar surface area (TPSA) is 135 Å². The van der Waals surface area contributed by atoms with Crippen molar-refractivity contribution >= 4 is 35.3 Å². The second kappa shape index (κ2) is 15.2. The van der Waals surface area contributed by atoms with Crippen LogP contribution in [0.5, 0.6) is 5.75 Å². The minimum absolute atomic E-state index is 0.0266. The van der Waals surface area contributed by atoms with Crippen LogP contribution in [0, 0.1) is 35.0 Å². The number of alkyl carbamates (subject to hydrolysis) is 1. The monoisotopic (exact) mass is 688 g/mol. The van der Waals surface area contributed by atoms with Gasteiger partial charge in [0.05, 0.1) is 18.7 Å². The van der Waals surface area contributed by atoms with Crippen molar-refractivity contribution in [2.24, 2.45) is 35.0 Å². The van der Waals surface area contributed by atoms with Gasteiger partial charge >= 0.3 is 12.1 Å². The fourth-order valence-electron chi connectivity index (χ4n) is 8.09. The smallest absolute Gasteiger partial charge is 0.409 e. The molecule has 11 heteroatoms. The second-order valence-corrected chi connectivity index (χ2v) is 14.9. The molecular weight excluding hydrogens is 636 g/mol. The van der Waals surface area contributed by atoms with Gasteiger partial charge in [-0.1, -0.05) is 69.5 Å². The Balaban J connectivity index is 1.77. The summed E-state index contributed by atoms with van der Waals surface area (Å²) in [5.41, 5.74) is 0.305. The third-order valence-electron chi connectivity index (χ3n) is 11.2. The van der Waals surface area contributed by atoms with Crippen molar-refractivity contribution in [3.05, 3.63) is 46.5 Å². The molecule has 2 heterocycles. The molecule has 0 aromatic heterocycles. The number of carboxylic acids is 1. The molecule has 9 atom stereocenters. The Labute approximate surface area is 289 Å². The molecule has 2 fully saturated rings. The van der Waals surface area contributed by atoms with E-state index in [1.165, 1.54) is 7.11 Å². The Morgan fingerprint density at radius 3 is 2.60 bits per heavy atom. The molecule has 1 aliphatic carbocycles. The molecule has 2 amide bonds. The number of nitrogens with one attached hydrogen (secondary N) is 1. The standard InChI is InChI=1S/C37H53ClN2O8/c1-9-21(2)16-25(34(42)43)19-26-32-23(4)29-20-37(45,39-35(44)48-29)30(47-8)12-10-11-22(3)15-24-17-27(33(38)28(18-24)46-7)40(6)31(41)13-14-36(26,32)5/h10-12,17-18,21,23,25-26,29-30,32,45H,9,13-16,19-20H2,1-8H3,(H,39,44)(H,42,43). The van der Waals surface area contributed by atoms with Gasteiger partial charge in [-0.3, -0.25) is 14.9 Å². The van der Waals surface area contributed by atoms with E-state index in [0.29, 0.717) is 42.1 Å². The lowest BCUT2D eigenvalue weighted by Gasteiger charge is -2.42. The minimum atomic E-state index is -1.73. The van der Waals surface area contributed by atoms with Gasteiger partial charge in [-0.15, -0.1) is 0 Å². The lowest BCUT2D eigenvalue weighted by atomic mass is 9.84. The number of halogens is 1. The average Bonchev–Trinajstić information content (AvgIpc) is 3.62. The van der Waals surface area contributed by atoms with Crippen molar-refractivity contribution in [1.82, 2.24) is 5.32 Å². The number of rotatable bonds is 8. The molecule has 2 aliphatic heterocycles. The third-order valence-corrected chi connectivity index (χ3v) is 11.6. The van der Waals surface area contributed by atoms with Crippen LogP contribution in [0.15, 0.2) is 35.9 Å². The molecule has 266 valence electrons. The van der Waals surface area contributed by atoms with E-state index in [1.54, 1.807) is 31.2 Å². The van der Waals surface area contributed by atoms with Gasteiger partial charge in [-0.25, -0.2) is 4.79 Å². The van der Waals surface area contributed by atoms with Crippen LogP contribution in [0.4, 0.5) is 10.5 Å². The molecule has 1 aromatic rings. The van der Waals surface area contributed by atoms with E-state index in [-0.39, 0.29) is 42.4 Å². The van der Waals surface area contributed by atoms with Crippen molar-refractivity contribution in [1.29, 1.82) is 0 Å². The number of carbonyl (C=O) groups is 3. The molecule has 1 aromatic carbocycles. The first-order chi connectivity index (χ1) is 22.6. The first kappa shape index (κ1) is 37.7. The number of hydrogen-bond acceptors (Lipinski definition) is 7. The number of ether oxygens (including phenoxy) is 3. The number of methoxy groups -OCH3 is 2. The number of hydrogen-bond donors (Lipinski definition) is 3. The Bertz CT molecular complexity index is 1430. The molecule has 1 saturated carbocycles. The van der Waals surface area contributed by atoms with E-state index in [0.717, 1.165) is 17.6 Å². The summed E-state index contributed by atoms with van der Waals surface area (Å²) in [6.45, 7) is 10.2. The number of amides is 2. The normalized spacial score (nSPS) is 32.3. The number of carboxylic acid groups (broad SMARTS) is 1. The highest BCUT2D eigenvalue weighted by molar-refractivity contribution is 6.35. The fourth-order valence-corrected chi connectivity index (χ4v) is 8.40. The van der Waals surface area contributed by atoms with Gasteiger partial charge in [0.15, 0.2) is 5.72 Å². The van der Waals surface area contributed by atoms with Crippen LogP contribution in [0.3, 0.4) is 0 Å². The van der Waals surface area contributed by atoms with Crippen LogP contribution < -0.4 is 15.0 Å². The minimum Gasteiger partial charge on any atom is -0.495 e. The number of benzene rings is 1. The Morgan fingerprint density at radius 1 is 1.27 bits per heavy atom. The summed E-state index contributed by atoms with van der Waals surface area (Å²) < 4.78 is 17.1. The van der Waals surface area contributed by atoms with Gasteiger partial charge in [0.2, 0.25) is 5.91 Å². The van der Waals surface area contributed by atoms with Gasteiger partial charge in [0, 0.05) is 27.0 Å². The molecule has 4 bridgehead atoms. The number of aliphatic carboxylic acids is 1. The number of allylic oxidation sites excluding steroid dienone is 3. The zero-order chi connectivity index (χ0) is 35.6. The van der Waals surface area contributed by atoms with Crippen molar-refractivity contribution in [2.45, 2.75) is 97.5 Å². The van der Waals surface area contributed by atoms with Crippen molar-refractivity contribution in [2.75, 3.05) is 26.2 Å². The van der Waals surface area contributed by atoms with Gasteiger partial charge in [-0.05, 0) is 79.4 Å². The first-order valence-electron chi connectivity index (χ1n) is 17.0. The largest absolute Gasteiger partial charge is 0.495 e. The maximum atomic E-state index is 13.8. The Kier molecular flexibility index (Phi) is 12.0. The highest BCUT2D eigenvalue weighted by Gasteiger charge is 2.65. The van der Waals surface area contributed by atoms with Gasteiger partial charge in [0.1, 0.15) is 23.0 Å². The number of carbonyl (C=O) groups excluding carboxylic acids is 2. The SMILES string of the molecule is CCC(C)CC(CC1C2C(C)C3CC(O)(NC(=O)O3)C(OC)C=CC=C(C)Cc3cc(OC)c(Cl)c(c3)N(C)C(=O)CCC12C)C(=O)O. The van der Waals surface area contributed by atoms with Crippen LogP contribution in [0.25, 0.3) is 0 Å². The summed E-state index contributed by atoms with van der Waals surface area (Å²) in [6, 6.07) is 3.75. The maximum Gasteiger partial charge on any atom is 0.409 e. The summed E-state index contributed by atoms with van der Waals surface area (Å²) in [6.07, 6.45) is 6.38. The lowest BCUT2D eigenvalue weighted by molar-refractivity contribution is -0.143. The summed E-state index contributed by atoms with van der Waals surface area (Å²) in [4.78, 5) is 40.7. The Hall–Kier alpha value is -3.08. The highest BCUT2D eigenvalue weighted by Crippen LogP contribution is 2.68. The molecule has 10 nitrogen and oxygen atoms in total. The molecule has 0 radical (unpaired) electrons. The van der Waals surface area contributed by atoms with Gasteiger partial charge in [0.25, 0.3) is 0 Å². The molecule has 48 heavy (non-hydrogen) atoms. The molecule has 0 spiro atoms. The predicted molar refractivity (Wildman–Crippen MR) is 185 cm³/mol. The van der Waals surface area contributed by atoms with E-state index in [1.807, 2.05) is 32.1 Å². The number of nitrogens with zero attached hydrogens (tertiary/aromatic N) is 1. The van der Waals surface area contributed by atoms with E-state index >= 15 is 0 Å². The predicted octanol–water partition coefficient (Wildman–Crippen LogP) is 6.77. The first-order valence-corrected chi connectivity index (χ1v) is 17.4. The number of aliphatic hydroxyl groups is 1. The van der Waals surface area contributed by atoms with Crippen molar-refractivity contribution in [3.63, 3.8) is 0 Å². The fraction of sp³-hybridized carbons (Fsp3) is 0.649. The van der Waals surface area contributed by atoms with Crippen molar-refractivity contribution in [3.8, 4) is 5.75 Å². The zero-order valence-electron chi connectivity index (χ0n) is 29.5. The van der Waals surface area contributed by atoms with E-state index in [4.69, 9.17) is 25.8 Å². The molecular formula is C37H53ClN2O8. The highest BCUT2D eigenvalue weighted by atomic mass is 35.5. The van der Waals surface area contributed by atoms with Crippen LogP contribution in [-0.2, 0) is 25.5 Å². The summed E-state index contributed by atoms with van der Waals surface area (Å²) in [5.74, 6) is -1.07. The number of anilines is 1. The van der Waals surface area contributed by atoms with Crippen LogP contribution >= 0.6 is 11.6 Å². The van der Waals surface area contributed by atoms with E-state index in [9.17, 15) is 24.6 Å². The maximum absolute atomic E-state index is 13.8. The molecule has 1 saturated heterocycles. The second-order valence-electron chi connectivity index (χ2n) is 14.5. The van der Waals surface area contributed by atoms with E-state index in [2.05, 4.69) is 26.1 Å². The number of fused-ring (bicyclic) bond motifs is 5. The molecule has 3 N–H and O–H groups in total. The average molecular weight is 689 g/mol. The van der Waals surface area contributed by atoms with E-state index < -0.39 is 41.3 Å². The summed E-state index contributed by atoms with van der Waals surface area (Å²) in [5, 5.41) is 24.9. The third kappa shape index (κ3) is 8.03. The quantitative estimate of drug-likeness (QED) is 0.273. The van der Waals surface area contributed by atoms with Crippen LogP contribution in [0.1, 0.15) is 78.7 Å². The molecule has 3 aliphatic rings. The van der Waals surface area contributed by atoms with Gasteiger partial charge < -0.3 is 29.3 Å². The molecule has 4 rings (SSSR count). The molecule has 9 unspecified atom stereocenters. The van der Waals surface area contributed by atoms with Crippen LogP contribution in [-0.4, -0.2) is 67.4 Å². The van der Waals surface area contributed by atoms with Crippen molar-refractivity contribution < 1.29 is 38.8 Å².